The van der Waals surface area contributed by atoms with Crippen LogP contribution in [0.3, 0.4) is 0 Å². The molecule has 1 saturated carbocycles. The maximum absolute atomic E-state index is 5.56. The van der Waals surface area contributed by atoms with E-state index in [9.17, 15) is 0 Å². The number of piperidine rings is 1. The molecule has 0 radical (unpaired) electrons. The lowest BCUT2D eigenvalue weighted by Gasteiger charge is -2.41. The minimum atomic E-state index is 0.310. The SMILES string of the molecule is CC(C)c1nc(NN)cc(N2CCC3CCCCC3C2)n1. The van der Waals surface area contributed by atoms with Crippen molar-refractivity contribution in [1.82, 2.24) is 9.97 Å². The molecule has 0 spiro atoms. The number of hydrogen-bond acceptors (Lipinski definition) is 5. The molecule has 2 unspecified atom stereocenters. The molecule has 5 nitrogen and oxygen atoms in total. The Balaban J connectivity index is 1.81. The molecule has 1 saturated heterocycles. The molecule has 0 bridgehead atoms. The van der Waals surface area contributed by atoms with Gasteiger partial charge >= 0.3 is 0 Å². The van der Waals surface area contributed by atoms with E-state index in [1.165, 1.54) is 32.1 Å². The zero-order chi connectivity index (χ0) is 14.8. The maximum atomic E-state index is 5.56. The Bertz CT molecular complexity index is 488. The normalized spacial score (nSPS) is 25.8. The van der Waals surface area contributed by atoms with Crippen LogP contribution in [0.25, 0.3) is 0 Å². The van der Waals surface area contributed by atoms with Gasteiger partial charge in [-0.25, -0.2) is 15.8 Å². The molecule has 0 amide bonds. The Kier molecular flexibility index (Phi) is 4.29. The van der Waals surface area contributed by atoms with E-state index in [0.29, 0.717) is 5.92 Å². The first-order chi connectivity index (χ1) is 10.2. The van der Waals surface area contributed by atoms with E-state index in [1.807, 2.05) is 6.07 Å². The molecule has 1 aromatic heterocycles. The largest absolute Gasteiger partial charge is 0.356 e. The van der Waals surface area contributed by atoms with Crippen LogP contribution >= 0.6 is 0 Å². The Morgan fingerprint density at radius 1 is 1.19 bits per heavy atom. The maximum Gasteiger partial charge on any atom is 0.145 e. The lowest BCUT2D eigenvalue weighted by atomic mass is 9.75. The van der Waals surface area contributed by atoms with Gasteiger partial charge < -0.3 is 10.3 Å². The van der Waals surface area contributed by atoms with Crippen LogP contribution in [-0.2, 0) is 0 Å². The monoisotopic (exact) mass is 289 g/mol. The van der Waals surface area contributed by atoms with Gasteiger partial charge in [-0.1, -0.05) is 33.1 Å². The van der Waals surface area contributed by atoms with E-state index >= 15 is 0 Å². The van der Waals surface area contributed by atoms with Crippen molar-refractivity contribution in [2.45, 2.75) is 51.9 Å². The van der Waals surface area contributed by atoms with Gasteiger partial charge in [-0.15, -0.1) is 0 Å². The van der Waals surface area contributed by atoms with Gasteiger partial charge in [0.1, 0.15) is 17.5 Å². The summed E-state index contributed by atoms with van der Waals surface area (Å²) in [4.78, 5) is 11.6. The van der Waals surface area contributed by atoms with Gasteiger partial charge in [0.2, 0.25) is 0 Å². The fourth-order valence-corrected chi connectivity index (χ4v) is 3.76. The molecule has 21 heavy (non-hydrogen) atoms. The number of anilines is 2. The summed E-state index contributed by atoms with van der Waals surface area (Å²) in [5, 5.41) is 0. The molecule has 3 rings (SSSR count). The van der Waals surface area contributed by atoms with E-state index in [1.54, 1.807) is 0 Å². The molecule has 1 aromatic rings. The van der Waals surface area contributed by atoms with Gasteiger partial charge in [0.05, 0.1) is 0 Å². The zero-order valence-corrected chi connectivity index (χ0v) is 13.2. The molecular formula is C16H27N5. The van der Waals surface area contributed by atoms with E-state index in [0.717, 1.165) is 42.4 Å². The predicted molar refractivity (Wildman–Crippen MR) is 86.2 cm³/mol. The van der Waals surface area contributed by atoms with Crippen LogP contribution in [0.1, 0.15) is 57.7 Å². The van der Waals surface area contributed by atoms with E-state index in [4.69, 9.17) is 10.8 Å². The van der Waals surface area contributed by atoms with Crippen LogP contribution in [0.15, 0.2) is 6.07 Å². The first kappa shape index (κ1) is 14.6. The Morgan fingerprint density at radius 3 is 2.67 bits per heavy atom. The third kappa shape index (κ3) is 3.12. The first-order valence-electron chi connectivity index (χ1n) is 8.28. The number of hydrogen-bond donors (Lipinski definition) is 2. The number of aromatic nitrogens is 2. The number of rotatable bonds is 3. The Hall–Kier alpha value is -1.36. The van der Waals surface area contributed by atoms with Crippen LogP contribution in [-0.4, -0.2) is 23.1 Å². The molecule has 1 aliphatic carbocycles. The second-order valence-corrected chi connectivity index (χ2v) is 6.81. The molecule has 116 valence electrons. The Labute approximate surface area is 127 Å². The minimum absolute atomic E-state index is 0.310. The first-order valence-corrected chi connectivity index (χ1v) is 8.28. The number of nitrogens with two attached hydrogens (primary N) is 1. The highest BCUT2D eigenvalue weighted by Gasteiger charge is 2.31. The van der Waals surface area contributed by atoms with Crippen molar-refractivity contribution >= 4 is 11.6 Å². The van der Waals surface area contributed by atoms with Gasteiger partial charge in [-0.3, -0.25) is 0 Å². The number of hydrazine groups is 1. The summed E-state index contributed by atoms with van der Waals surface area (Å²) in [6, 6.07) is 1.98. The summed E-state index contributed by atoms with van der Waals surface area (Å²) in [5.74, 6) is 10.3. The van der Waals surface area contributed by atoms with Crippen LogP contribution in [0.5, 0.6) is 0 Å². The fraction of sp³-hybridized carbons (Fsp3) is 0.750. The lowest BCUT2D eigenvalue weighted by Crippen LogP contribution is -2.42. The van der Waals surface area contributed by atoms with Crippen molar-refractivity contribution < 1.29 is 0 Å². The van der Waals surface area contributed by atoms with Crippen LogP contribution in [0.4, 0.5) is 11.6 Å². The second kappa shape index (κ2) is 6.18. The third-order valence-electron chi connectivity index (χ3n) is 5.01. The highest BCUT2D eigenvalue weighted by atomic mass is 15.3. The molecule has 2 fully saturated rings. The quantitative estimate of drug-likeness (QED) is 0.661. The van der Waals surface area contributed by atoms with E-state index in [2.05, 4.69) is 29.2 Å². The summed E-state index contributed by atoms with van der Waals surface area (Å²) >= 11 is 0. The number of nitrogen functional groups attached to an aromatic ring is 1. The summed E-state index contributed by atoms with van der Waals surface area (Å²) in [5.41, 5.74) is 2.68. The van der Waals surface area contributed by atoms with Crippen molar-refractivity contribution in [2.24, 2.45) is 17.7 Å². The van der Waals surface area contributed by atoms with E-state index < -0.39 is 0 Å². The number of fused-ring (bicyclic) bond motifs is 1. The van der Waals surface area contributed by atoms with Crippen LogP contribution < -0.4 is 16.2 Å². The fourth-order valence-electron chi connectivity index (χ4n) is 3.76. The molecule has 3 N–H and O–H groups in total. The van der Waals surface area contributed by atoms with Gasteiger partial charge in [0.15, 0.2) is 0 Å². The van der Waals surface area contributed by atoms with Gasteiger partial charge in [-0.2, -0.15) is 0 Å². The smallest absolute Gasteiger partial charge is 0.145 e. The van der Waals surface area contributed by atoms with Crippen molar-refractivity contribution in [3.05, 3.63) is 11.9 Å². The number of nitrogens with one attached hydrogen (secondary N) is 1. The van der Waals surface area contributed by atoms with Gasteiger partial charge in [0.25, 0.3) is 0 Å². The third-order valence-corrected chi connectivity index (χ3v) is 5.01. The van der Waals surface area contributed by atoms with Crippen molar-refractivity contribution in [3.63, 3.8) is 0 Å². The molecule has 2 heterocycles. The van der Waals surface area contributed by atoms with Crippen LogP contribution in [0, 0.1) is 11.8 Å². The lowest BCUT2D eigenvalue weighted by molar-refractivity contribution is 0.202. The molecule has 1 aliphatic heterocycles. The zero-order valence-electron chi connectivity index (χ0n) is 13.2. The van der Waals surface area contributed by atoms with Crippen molar-refractivity contribution in [1.29, 1.82) is 0 Å². The molecule has 5 heteroatoms. The van der Waals surface area contributed by atoms with Crippen molar-refractivity contribution in [3.8, 4) is 0 Å². The minimum Gasteiger partial charge on any atom is -0.356 e. The predicted octanol–water partition coefficient (Wildman–Crippen LogP) is 2.90. The average Bonchev–Trinajstić information content (AvgIpc) is 2.53. The summed E-state index contributed by atoms with van der Waals surface area (Å²) in [6.45, 7) is 6.49. The molecule has 0 aromatic carbocycles. The summed E-state index contributed by atoms with van der Waals surface area (Å²) in [6.07, 6.45) is 6.93. The highest BCUT2D eigenvalue weighted by molar-refractivity contribution is 5.49. The van der Waals surface area contributed by atoms with Gasteiger partial charge in [0, 0.05) is 25.1 Å². The molecular weight excluding hydrogens is 262 g/mol. The highest BCUT2D eigenvalue weighted by Crippen LogP contribution is 2.37. The number of nitrogens with zero attached hydrogens (tertiary/aromatic N) is 3. The standard InChI is InChI=1S/C16H27N5/c1-11(2)16-18-14(20-17)9-15(19-16)21-8-7-12-5-3-4-6-13(12)10-21/h9,11-13H,3-8,10,17H2,1-2H3,(H,18,19,20). The topological polar surface area (TPSA) is 67.1 Å². The van der Waals surface area contributed by atoms with Gasteiger partial charge in [-0.05, 0) is 24.7 Å². The average molecular weight is 289 g/mol. The molecule has 2 aliphatic rings. The Morgan fingerprint density at radius 2 is 1.95 bits per heavy atom. The van der Waals surface area contributed by atoms with Crippen molar-refractivity contribution in [2.75, 3.05) is 23.4 Å². The van der Waals surface area contributed by atoms with Crippen LogP contribution in [0.2, 0.25) is 0 Å². The summed E-state index contributed by atoms with van der Waals surface area (Å²) < 4.78 is 0. The summed E-state index contributed by atoms with van der Waals surface area (Å²) in [7, 11) is 0. The second-order valence-electron chi connectivity index (χ2n) is 6.81. The molecule has 2 atom stereocenters. The van der Waals surface area contributed by atoms with E-state index in [-0.39, 0.29) is 0 Å².